The van der Waals surface area contributed by atoms with Crippen molar-refractivity contribution < 1.29 is 19.4 Å². The highest BCUT2D eigenvalue weighted by molar-refractivity contribution is 7.09. The highest BCUT2D eigenvalue weighted by Crippen LogP contribution is 2.16. The van der Waals surface area contributed by atoms with E-state index in [0.29, 0.717) is 0 Å². The molecular weight excluding hydrogens is 216 g/mol. The molecule has 15 heavy (non-hydrogen) atoms. The summed E-state index contributed by atoms with van der Waals surface area (Å²) in [4.78, 5) is 23.0. The van der Waals surface area contributed by atoms with Crippen LogP contribution in [0.25, 0.3) is 0 Å². The number of aliphatic carboxylic acids is 1. The number of carboxylic acid groups (broad SMARTS) is 1. The van der Waals surface area contributed by atoms with E-state index in [-0.39, 0.29) is 13.0 Å². The Morgan fingerprint density at radius 3 is 2.80 bits per heavy atom. The summed E-state index contributed by atoms with van der Waals surface area (Å²) >= 11 is 1.43. The maximum absolute atomic E-state index is 11.3. The molecule has 5 heteroatoms. The number of esters is 1. The summed E-state index contributed by atoms with van der Waals surface area (Å²) in [6.07, 6.45) is 0.200. The Bertz CT molecular complexity index is 331. The van der Waals surface area contributed by atoms with Crippen molar-refractivity contribution in [2.75, 3.05) is 6.61 Å². The molecule has 0 amide bonds. The van der Waals surface area contributed by atoms with Gasteiger partial charge in [0, 0.05) is 11.3 Å². The van der Waals surface area contributed by atoms with E-state index in [4.69, 9.17) is 9.84 Å². The molecular formula is C10H12O4S. The fraction of sp³-hybridized carbons (Fsp3) is 0.400. The quantitative estimate of drug-likeness (QED) is 0.613. The number of ether oxygens (including phenoxy) is 1. The van der Waals surface area contributed by atoms with Gasteiger partial charge in [0.25, 0.3) is 0 Å². The maximum atomic E-state index is 11.3. The highest BCUT2D eigenvalue weighted by atomic mass is 32.1. The molecule has 0 aliphatic rings. The summed E-state index contributed by atoms with van der Waals surface area (Å²) < 4.78 is 4.70. The summed E-state index contributed by atoms with van der Waals surface area (Å²) in [5.74, 6) is -2.90. The Morgan fingerprint density at radius 2 is 2.33 bits per heavy atom. The van der Waals surface area contributed by atoms with Crippen molar-refractivity contribution in [2.24, 2.45) is 5.92 Å². The van der Waals surface area contributed by atoms with Crippen LogP contribution in [0.15, 0.2) is 17.5 Å². The van der Waals surface area contributed by atoms with Crippen LogP contribution in [-0.2, 0) is 20.7 Å². The SMILES string of the molecule is CCOC(=O)[C@H](Cc1cccs1)C(=O)O. The summed E-state index contributed by atoms with van der Waals surface area (Å²) in [7, 11) is 0. The van der Waals surface area contributed by atoms with Gasteiger partial charge >= 0.3 is 11.9 Å². The summed E-state index contributed by atoms with van der Waals surface area (Å²) in [6, 6.07) is 3.63. The van der Waals surface area contributed by atoms with Crippen LogP contribution in [0.1, 0.15) is 11.8 Å². The Kier molecular flexibility index (Phi) is 4.30. The van der Waals surface area contributed by atoms with E-state index in [9.17, 15) is 9.59 Å². The van der Waals surface area contributed by atoms with Crippen LogP contribution < -0.4 is 0 Å². The van der Waals surface area contributed by atoms with Gasteiger partial charge in [0.05, 0.1) is 6.61 Å². The van der Waals surface area contributed by atoms with Gasteiger partial charge < -0.3 is 9.84 Å². The Balaban J connectivity index is 2.66. The van der Waals surface area contributed by atoms with Crippen LogP contribution in [0.4, 0.5) is 0 Å². The third kappa shape index (κ3) is 3.36. The van der Waals surface area contributed by atoms with Gasteiger partial charge in [-0.15, -0.1) is 11.3 Å². The molecule has 0 spiro atoms. The van der Waals surface area contributed by atoms with Gasteiger partial charge in [-0.1, -0.05) is 6.07 Å². The first-order valence-electron chi connectivity index (χ1n) is 4.57. The van der Waals surface area contributed by atoms with E-state index in [1.54, 1.807) is 13.0 Å². The zero-order valence-electron chi connectivity index (χ0n) is 8.30. The molecule has 0 bridgehead atoms. The van der Waals surface area contributed by atoms with Crippen molar-refractivity contribution in [3.63, 3.8) is 0 Å². The third-order valence-corrected chi connectivity index (χ3v) is 2.75. The van der Waals surface area contributed by atoms with Crippen LogP contribution in [0.3, 0.4) is 0 Å². The van der Waals surface area contributed by atoms with Crippen molar-refractivity contribution in [3.05, 3.63) is 22.4 Å². The minimum absolute atomic E-state index is 0.200. The first-order valence-corrected chi connectivity index (χ1v) is 5.45. The molecule has 1 heterocycles. The molecule has 1 atom stereocenters. The topological polar surface area (TPSA) is 63.6 Å². The minimum Gasteiger partial charge on any atom is -0.481 e. The minimum atomic E-state index is -1.14. The zero-order valence-corrected chi connectivity index (χ0v) is 9.12. The van der Waals surface area contributed by atoms with E-state index in [1.807, 2.05) is 11.4 Å². The van der Waals surface area contributed by atoms with Crippen molar-refractivity contribution in [2.45, 2.75) is 13.3 Å². The number of thiophene rings is 1. The lowest BCUT2D eigenvalue weighted by molar-refractivity contribution is -0.158. The van der Waals surface area contributed by atoms with Crippen LogP contribution in [-0.4, -0.2) is 23.7 Å². The predicted octanol–water partition coefficient (Wildman–Crippen LogP) is 1.55. The van der Waals surface area contributed by atoms with Gasteiger partial charge in [0.15, 0.2) is 5.92 Å². The van der Waals surface area contributed by atoms with Crippen LogP contribution in [0, 0.1) is 5.92 Å². The number of hydrogen-bond acceptors (Lipinski definition) is 4. The molecule has 0 saturated heterocycles. The van der Waals surface area contributed by atoms with Crippen LogP contribution >= 0.6 is 11.3 Å². The first-order chi connectivity index (χ1) is 7.15. The molecule has 0 aliphatic heterocycles. The Hall–Kier alpha value is -1.36. The number of carbonyl (C=O) groups is 2. The van der Waals surface area contributed by atoms with E-state index < -0.39 is 17.9 Å². The van der Waals surface area contributed by atoms with Gasteiger partial charge in [0.1, 0.15) is 0 Å². The summed E-state index contributed by atoms with van der Waals surface area (Å²) in [6.45, 7) is 1.86. The molecule has 0 fully saturated rings. The van der Waals surface area contributed by atoms with Gasteiger partial charge in [-0.2, -0.15) is 0 Å². The van der Waals surface area contributed by atoms with Crippen molar-refractivity contribution in [1.29, 1.82) is 0 Å². The molecule has 0 saturated carbocycles. The average Bonchev–Trinajstić information content (AvgIpc) is 2.66. The predicted molar refractivity (Wildman–Crippen MR) is 55.8 cm³/mol. The lowest BCUT2D eigenvalue weighted by Crippen LogP contribution is -2.27. The van der Waals surface area contributed by atoms with E-state index in [1.165, 1.54) is 11.3 Å². The molecule has 4 nitrogen and oxygen atoms in total. The van der Waals surface area contributed by atoms with Crippen molar-refractivity contribution in [3.8, 4) is 0 Å². The lowest BCUT2D eigenvalue weighted by atomic mass is 10.1. The second kappa shape index (κ2) is 5.50. The zero-order chi connectivity index (χ0) is 11.3. The number of hydrogen-bond donors (Lipinski definition) is 1. The normalized spacial score (nSPS) is 12.1. The number of carbonyl (C=O) groups excluding carboxylic acids is 1. The van der Waals surface area contributed by atoms with Crippen molar-refractivity contribution in [1.82, 2.24) is 0 Å². The first kappa shape index (κ1) is 11.7. The van der Waals surface area contributed by atoms with Crippen LogP contribution in [0.5, 0.6) is 0 Å². The summed E-state index contributed by atoms with van der Waals surface area (Å²) in [5, 5.41) is 10.7. The van der Waals surface area contributed by atoms with Gasteiger partial charge in [-0.25, -0.2) is 0 Å². The molecule has 1 aromatic heterocycles. The van der Waals surface area contributed by atoms with Crippen LogP contribution in [0.2, 0.25) is 0 Å². The second-order valence-electron chi connectivity index (χ2n) is 2.93. The molecule has 1 aromatic rings. The molecule has 0 aliphatic carbocycles. The number of carboxylic acids is 1. The average molecular weight is 228 g/mol. The van der Waals surface area contributed by atoms with E-state index in [0.717, 1.165) is 4.88 Å². The largest absolute Gasteiger partial charge is 0.481 e. The molecule has 0 aromatic carbocycles. The fourth-order valence-corrected chi connectivity index (χ4v) is 1.90. The highest BCUT2D eigenvalue weighted by Gasteiger charge is 2.28. The van der Waals surface area contributed by atoms with Gasteiger partial charge in [-0.3, -0.25) is 9.59 Å². The Morgan fingerprint density at radius 1 is 1.60 bits per heavy atom. The molecule has 0 unspecified atom stereocenters. The third-order valence-electron chi connectivity index (χ3n) is 1.85. The smallest absolute Gasteiger partial charge is 0.320 e. The molecule has 82 valence electrons. The molecule has 0 radical (unpaired) electrons. The van der Waals surface area contributed by atoms with E-state index in [2.05, 4.69) is 0 Å². The summed E-state index contributed by atoms with van der Waals surface area (Å²) in [5.41, 5.74) is 0. The monoisotopic (exact) mass is 228 g/mol. The maximum Gasteiger partial charge on any atom is 0.320 e. The molecule has 1 N–H and O–H groups in total. The number of rotatable bonds is 5. The van der Waals surface area contributed by atoms with Gasteiger partial charge in [0.2, 0.25) is 0 Å². The fourth-order valence-electron chi connectivity index (χ4n) is 1.14. The van der Waals surface area contributed by atoms with Crippen molar-refractivity contribution >= 4 is 23.3 Å². The standard InChI is InChI=1S/C10H12O4S/c1-2-14-10(13)8(9(11)12)6-7-4-3-5-15-7/h3-5,8H,2,6H2,1H3,(H,11,12)/t8-/m1/s1. The van der Waals surface area contributed by atoms with Gasteiger partial charge in [-0.05, 0) is 18.4 Å². The Labute approximate surface area is 91.5 Å². The molecule has 1 rings (SSSR count). The second-order valence-corrected chi connectivity index (χ2v) is 3.96. The lowest BCUT2D eigenvalue weighted by Gasteiger charge is -2.09. The van der Waals surface area contributed by atoms with E-state index >= 15 is 0 Å².